The predicted molar refractivity (Wildman–Crippen MR) is 91.2 cm³/mol. The lowest BCUT2D eigenvalue weighted by Crippen LogP contribution is -2.45. The van der Waals surface area contributed by atoms with Gasteiger partial charge in [-0.05, 0) is 67.6 Å². The van der Waals surface area contributed by atoms with Crippen molar-refractivity contribution in [3.63, 3.8) is 0 Å². The van der Waals surface area contributed by atoms with Gasteiger partial charge in [-0.15, -0.1) is 0 Å². The summed E-state index contributed by atoms with van der Waals surface area (Å²) in [5.74, 6) is 1.47. The van der Waals surface area contributed by atoms with Crippen LogP contribution in [0.15, 0.2) is 18.2 Å². The molecule has 2 nitrogen and oxygen atoms in total. The van der Waals surface area contributed by atoms with Crippen molar-refractivity contribution in [1.29, 1.82) is 0 Å². The minimum absolute atomic E-state index is 0.504. The number of rotatable bonds is 2. The highest BCUT2D eigenvalue weighted by molar-refractivity contribution is 7.80. The smallest absolute Gasteiger partial charge is 0.171 e. The van der Waals surface area contributed by atoms with Crippen LogP contribution in [0.3, 0.4) is 0 Å². The first-order valence-corrected chi connectivity index (χ1v) is 8.02. The van der Waals surface area contributed by atoms with Crippen LogP contribution in [0, 0.1) is 25.7 Å². The Labute approximate surface area is 128 Å². The predicted octanol–water partition coefficient (Wildman–Crippen LogP) is 4.41. The van der Waals surface area contributed by atoms with Crippen molar-refractivity contribution in [3.05, 3.63) is 29.3 Å². The van der Waals surface area contributed by atoms with E-state index in [2.05, 4.69) is 56.5 Å². The molecule has 0 radical (unpaired) electrons. The Morgan fingerprint density at radius 1 is 1.10 bits per heavy atom. The van der Waals surface area contributed by atoms with Gasteiger partial charge >= 0.3 is 0 Å². The Kier molecular flexibility index (Phi) is 5.03. The molecule has 2 rings (SSSR count). The first kappa shape index (κ1) is 15.3. The minimum atomic E-state index is 0.504. The average Bonchev–Trinajstić information content (AvgIpc) is 2.33. The van der Waals surface area contributed by atoms with Crippen LogP contribution in [-0.2, 0) is 0 Å². The van der Waals surface area contributed by atoms with Crippen LogP contribution in [0.2, 0.25) is 0 Å². The average molecular weight is 290 g/mol. The Balaban J connectivity index is 1.95. The van der Waals surface area contributed by atoms with Gasteiger partial charge in [-0.25, -0.2) is 0 Å². The van der Waals surface area contributed by atoms with E-state index in [-0.39, 0.29) is 0 Å². The molecule has 0 amide bonds. The zero-order chi connectivity index (χ0) is 14.7. The summed E-state index contributed by atoms with van der Waals surface area (Å²) in [5.41, 5.74) is 3.60. The first-order chi connectivity index (χ1) is 9.45. The zero-order valence-electron chi connectivity index (χ0n) is 13.0. The molecule has 0 spiro atoms. The summed E-state index contributed by atoms with van der Waals surface area (Å²) in [6.45, 7) is 8.90. The SMILES string of the molecule is Cc1cc(C)cc(NC(=S)N[C@H]2CCC[C@@H](C)[C@@H]2C)c1. The molecular weight excluding hydrogens is 264 g/mol. The lowest BCUT2D eigenvalue weighted by molar-refractivity contribution is 0.225. The van der Waals surface area contributed by atoms with Gasteiger partial charge in [0.05, 0.1) is 0 Å². The summed E-state index contributed by atoms with van der Waals surface area (Å²) in [5, 5.41) is 7.58. The molecule has 1 fully saturated rings. The highest BCUT2D eigenvalue weighted by atomic mass is 32.1. The Morgan fingerprint density at radius 3 is 2.40 bits per heavy atom. The third-order valence-electron chi connectivity index (χ3n) is 4.50. The number of benzene rings is 1. The van der Waals surface area contributed by atoms with Crippen molar-refractivity contribution in [2.45, 2.75) is 53.0 Å². The summed E-state index contributed by atoms with van der Waals surface area (Å²) in [7, 11) is 0. The summed E-state index contributed by atoms with van der Waals surface area (Å²) < 4.78 is 0. The molecule has 1 aliphatic rings. The van der Waals surface area contributed by atoms with E-state index in [0.29, 0.717) is 12.0 Å². The molecule has 0 aliphatic heterocycles. The monoisotopic (exact) mass is 290 g/mol. The van der Waals surface area contributed by atoms with Gasteiger partial charge in [0.2, 0.25) is 0 Å². The third-order valence-corrected chi connectivity index (χ3v) is 4.72. The van der Waals surface area contributed by atoms with Gasteiger partial charge in [0.1, 0.15) is 0 Å². The van der Waals surface area contributed by atoms with Crippen LogP contribution in [-0.4, -0.2) is 11.2 Å². The van der Waals surface area contributed by atoms with E-state index in [9.17, 15) is 0 Å². The lowest BCUT2D eigenvalue weighted by atomic mass is 9.78. The van der Waals surface area contributed by atoms with Gasteiger partial charge in [-0.1, -0.05) is 32.8 Å². The highest BCUT2D eigenvalue weighted by Crippen LogP contribution is 2.29. The van der Waals surface area contributed by atoms with E-state index in [4.69, 9.17) is 12.2 Å². The van der Waals surface area contributed by atoms with E-state index in [1.165, 1.54) is 30.4 Å². The molecule has 1 aliphatic carbocycles. The molecule has 2 N–H and O–H groups in total. The molecule has 20 heavy (non-hydrogen) atoms. The van der Waals surface area contributed by atoms with Crippen molar-refractivity contribution in [1.82, 2.24) is 5.32 Å². The van der Waals surface area contributed by atoms with Gasteiger partial charge in [-0.2, -0.15) is 0 Å². The number of hydrogen-bond donors (Lipinski definition) is 2. The van der Waals surface area contributed by atoms with Crippen molar-refractivity contribution >= 4 is 23.0 Å². The van der Waals surface area contributed by atoms with Gasteiger partial charge in [0.15, 0.2) is 5.11 Å². The topological polar surface area (TPSA) is 24.1 Å². The van der Waals surface area contributed by atoms with E-state index < -0.39 is 0 Å². The van der Waals surface area contributed by atoms with Crippen molar-refractivity contribution < 1.29 is 0 Å². The van der Waals surface area contributed by atoms with Crippen LogP contribution >= 0.6 is 12.2 Å². The van der Waals surface area contributed by atoms with Crippen LogP contribution in [0.25, 0.3) is 0 Å². The Morgan fingerprint density at radius 2 is 1.75 bits per heavy atom. The molecule has 0 bridgehead atoms. The van der Waals surface area contributed by atoms with Crippen molar-refractivity contribution in [2.24, 2.45) is 11.8 Å². The molecule has 1 aromatic carbocycles. The maximum Gasteiger partial charge on any atom is 0.171 e. The van der Waals surface area contributed by atoms with E-state index in [0.717, 1.165) is 16.7 Å². The Bertz CT molecular complexity index is 464. The van der Waals surface area contributed by atoms with Gasteiger partial charge < -0.3 is 10.6 Å². The number of thiocarbonyl (C=S) groups is 1. The molecular formula is C17H26N2S. The second-order valence-electron chi connectivity index (χ2n) is 6.35. The van der Waals surface area contributed by atoms with Crippen molar-refractivity contribution in [3.8, 4) is 0 Å². The number of aryl methyl sites for hydroxylation is 2. The van der Waals surface area contributed by atoms with E-state index in [1.807, 2.05) is 0 Å². The molecule has 0 heterocycles. The number of nitrogens with one attached hydrogen (secondary N) is 2. The fourth-order valence-corrected chi connectivity index (χ4v) is 3.44. The Hall–Kier alpha value is -1.09. The van der Waals surface area contributed by atoms with Crippen LogP contribution in [0.5, 0.6) is 0 Å². The number of hydrogen-bond acceptors (Lipinski definition) is 1. The van der Waals surface area contributed by atoms with Gasteiger partial charge in [-0.3, -0.25) is 0 Å². The number of anilines is 1. The fourth-order valence-electron chi connectivity index (χ4n) is 3.17. The van der Waals surface area contributed by atoms with Gasteiger partial charge in [0.25, 0.3) is 0 Å². The molecule has 1 saturated carbocycles. The maximum absolute atomic E-state index is 5.47. The summed E-state index contributed by atoms with van der Waals surface area (Å²) in [6, 6.07) is 6.94. The zero-order valence-corrected chi connectivity index (χ0v) is 13.8. The van der Waals surface area contributed by atoms with Gasteiger partial charge in [0, 0.05) is 11.7 Å². The lowest BCUT2D eigenvalue weighted by Gasteiger charge is -2.35. The molecule has 3 heteroatoms. The quantitative estimate of drug-likeness (QED) is 0.789. The highest BCUT2D eigenvalue weighted by Gasteiger charge is 2.27. The maximum atomic E-state index is 5.47. The summed E-state index contributed by atoms with van der Waals surface area (Å²) in [6.07, 6.45) is 3.87. The molecule has 0 aromatic heterocycles. The molecule has 0 unspecified atom stereocenters. The second-order valence-corrected chi connectivity index (χ2v) is 6.76. The minimum Gasteiger partial charge on any atom is -0.359 e. The molecule has 0 saturated heterocycles. The second kappa shape index (κ2) is 6.57. The molecule has 110 valence electrons. The van der Waals surface area contributed by atoms with Crippen LogP contribution in [0.1, 0.15) is 44.2 Å². The standard InChI is InChI=1S/C17H26N2S/c1-11-8-12(2)10-15(9-11)18-17(20)19-16-7-5-6-13(3)14(16)4/h8-10,13-14,16H,5-7H2,1-4H3,(H2,18,19,20)/t13-,14+,16+/m1/s1. The molecule has 3 atom stereocenters. The normalized spacial score (nSPS) is 26.1. The largest absolute Gasteiger partial charge is 0.359 e. The van der Waals surface area contributed by atoms with Crippen LogP contribution < -0.4 is 10.6 Å². The fraction of sp³-hybridized carbons (Fsp3) is 0.588. The van der Waals surface area contributed by atoms with E-state index >= 15 is 0 Å². The van der Waals surface area contributed by atoms with Crippen LogP contribution in [0.4, 0.5) is 5.69 Å². The first-order valence-electron chi connectivity index (χ1n) is 7.61. The molecule has 1 aromatic rings. The van der Waals surface area contributed by atoms with Crippen molar-refractivity contribution in [2.75, 3.05) is 5.32 Å². The summed E-state index contributed by atoms with van der Waals surface area (Å²) >= 11 is 5.47. The third kappa shape index (κ3) is 3.95. The summed E-state index contributed by atoms with van der Waals surface area (Å²) in [4.78, 5) is 0. The van der Waals surface area contributed by atoms with E-state index in [1.54, 1.807) is 0 Å².